The summed E-state index contributed by atoms with van der Waals surface area (Å²) >= 11 is 0. The van der Waals surface area contributed by atoms with Crippen LogP contribution in [-0.4, -0.2) is 15.9 Å². The molecule has 0 radical (unpaired) electrons. The highest BCUT2D eigenvalue weighted by Gasteiger charge is 2.20. The lowest BCUT2D eigenvalue weighted by atomic mass is 9.90. The number of aromatic nitrogens is 2. The molecule has 0 amide bonds. The van der Waals surface area contributed by atoms with Crippen LogP contribution in [0.25, 0.3) is 0 Å². The molecule has 2 aromatic rings. The smallest absolute Gasteiger partial charge is 0.267 e. The van der Waals surface area contributed by atoms with Gasteiger partial charge in [-0.05, 0) is 43.5 Å². The Balaban J connectivity index is 1.76. The number of ketones is 1. The monoisotopic (exact) mass is 300 g/mol. The van der Waals surface area contributed by atoms with Gasteiger partial charge in [-0.25, -0.2) is 0 Å². The molecule has 1 aromatic carbocycles. The molecule has 0 fully saturated rings. The third-order valence-electron chi connectivity index (χ3n) is 3.86. The van der Waals surface area contributed by atoms with E-state index < -0.39 is 0 Å². The number of fused-ring (bicyclic) bond motifs is 1. The molecule has 1 aliphatic carbocycles. The lowest BCUT2D eigenvalue weighted by Crippen LogP contribution is -2.11. The average molecular weight is 300 g/mol. The summed E-state index contributed by atoms with van der Waals surface area (Å²) in [7, 11) is 0. The van der Waals surface area contributed by atoms with Crippen LogP contribution in [0.15, 0.2) is 22.7 Å². The van der Waals surface area contributed by atoms with E-state index in [-0.39, 0.29) is 17.8 Å². The predicted octanol–water partition coefficient (Wildman–Crippen LogP) is 3.85. The maximum Gasteiger partial charge on any atom is 0.267 e. The Morgan fingerprint density at radius 2 is 2.05 bits per heavy atom. The fourth-order valence-electron chi connectivity index (χ4n) is 2.60. The number of carbonyl (C=O) groups is 1. The SMILES string of the molecule is CC(C)c1noc([C@@H](C)Oc2ccc3c(c2)CCCC3=O)n1. The Hall–Kier alpha value is -2.17. The van der Waals surface area contributed by atoms with Gasteiger partial charge in [0.15, 0.2) is 17.7 Å². The van der Waals surface area contributed by atoms with Crippen LogP contribution < -0.4 is 4.74 Å². The summed E-state index contributed by atoms with van der Waals surface area (Å²) in [6, 6.07) is 5.63. The molecule has 1 atom stereocenters. The fourth-order valence-corrected chi connectivity index (χ4v) is 2.60. The quantitative estimate of drug-likeness (QED) is 0.858. The lowest BCUT2D eigenvalue weighted by molar-refractivity contribution is 0.0972. The largest absolute Gasteiger partial charge is 0.481 e. The molecule has 0 saturated heterocycles. The number of ether oxygens (including phenoxy) is 1. The van der Waals surface area contributed by atoms with E-state index in [0.717, 1.165) is 29.7 Å². The summed E-state index contributed by atoms with van der Waals surface area (Å²) in [5, 5.41) is 3.95. The van der Waals surface area contributed by atoms with Crippen molar-refractivity contribution in [2.75, 3.05) is 0 Å². The predicted molar refractivity (Wildman–Crippen MR) is 81.1 cm³/mol. The number of carbonyl (C=O) groups excluding carboxylic acids is 1. The van der Waals surface area contributed by atoms with Gasteiger partial charge in [-0.3, -0.25) is 4.79 Å². The Morgan fingerprint density at radius 3 is 2.77 bits per heavy atom. The van der Waals surface area contributed by atoms with Crippen LogP contribution in [-0.2, 0) is 6.42 Å². The maximum absolute atomic E-state index is 11.8. The van der Waals surface area contributed by atoms with Crippen molar-refractivity contribution in [2.24, 2.45) is 0 Å². The lowest BCUT2D eigenvalue weighted by Gasteiger charge is -2.17. The van der Waals surface area contributed by atoms with Gasteiger partial charge in [-0.2, -0.15) is 4.98 Å². The Kier molecular flexibility index (Phi) is 3.96. The first-order chi connectivity index (χ1) is 10.5. The number of rotatable bonds is 4. The van der Waals surface area contributed by atoms with Crippen LogP contribution in [0.1, 0.15) is 73.3 Å². The van der Waals surface area contributed by atoms with Crippen molar-refractivity contribution in [3.63, 3.8) is 0 Å². The van der Waals surface area contributed by atoms with Crippen LogP contribution >= 0.6 is 0 Å². The van der Waals surface area contributed by atoms with Crippen molar-refractivity contribution in [1.29, 1.82) is 0 Å². The number of hydrogen-bond donors (Lipinski definition) is 0. The minimum atomic E-state index is -0.322. The van der Waals surface area contributed by atoms with Gasteiger partial charge in [0.25, 0.3) is 5.89 Å². The van der Waals surface area contributed by atoms with E-state index in [0.29, 0.717) is 18.1 Å². The van der Waals surface area contributed by atoms with Gasteiger partial charge in [0, 0.05) is 17.9 Å². The standard InChI is InChI=1S/C17H20N2O3/c1-10(2)16-18-17(22-19-16)11(3)21-13-7-8-14-12(9-13)5-4-6-15(14)20/h7-11H,4-6H2,1-3H3/t11-/m1/s1. The van der Waals surface area contributed by atoms with E-state index in [9.17, 15) is 4.79 Å². The van der Waals surface area contributed by atoms with Gasteiger partial charge in [0.1, 0.15) is 5.75 Å². The van der Waals surface area contributed by atoms with E-state index in [1.54, 1.807) is 0 Å². The molecule has 22 heavy (non-hydrogen) atoms. The highest BCUT2D eigenvalue weighted by Crippen LogP contribution is 2.28. The number of Topliss-reactive ketones (excluding diaryl/α,β-unsaturated/α-hetero) is 1. The molecule has 1 aliphatic rings. The molecular formula is C17H20N2O3. The summed E-state index contributed by atoms with van der Waals surface area (Å²) in [6.45, 7) is 5.91. The molecule has 3 rings (SSSR count). The molecule has 1 aromatic heterocycles. The van der Waals surface area contributed by atoms with E-state index >= 15 is 0 Å². The van der Waals surface area contributed by atoms with Crippen molar-refractivity contribution >= 4 is 5.78 Å². The third-order valence-corrected chi connectivity index (χ3v) is 3.86. The summed E-state index contributed by atoms with van der Waals surface area (Å²) in [5.41, 5.74) is 1.89. The molecule has 0 aliphatic heterocycles. The van der Waals surface area contributed by atoms with Crippen molar-refractivity contribution in [1.82, 2.24) is 10.1 Å². The van der Waals surface area contributed by atoms with Gasteiger partial charge in [-0.15, -0.1) is 0 Å². The summed E-state index contributed by atoms with van der Waals surface area (Å²) in [5.74, 6) is 2.32. The first-order valence-electron chi connectivity index (χ1n) is 7.71. The number of nitrogens with zero attached hydrogens (tertiary/aromatic N) is 2. The maximum atomic E-state index is 11.8. The highest BCUT2D eigenvalue weighted by atomic mass is 16.5. The normalized spacial score (nSPS) is 15.7. The van der Waals surface area contributed by atoms with Crippen LogP contribution in [0.4, 0.5) is 0 Å². The molecule has 0 N–H and O–H groups in total. The van der Waals surface area contributed by atoms with Crippen LogP contribution in [0.3, 0.4) is 0 Å². The molecule has 0 bridgehead atoms. The Bertz CT molecular complexity index is 691. The van der Waals surface area contributed by atoms with E-state index in [4.69, 9.17) is 9.26 Å². The highest BCUT2D eigenvalue weighted by molar-refractivity contribution is 5.98. The topological polar surface area (TPSA) is 65.2 Å². The second kappa shape index (κ2) is 5.91. The van der Waals surface area contributed by atoms with E-state index in [1.807, 2.05) is 39.0 Å². The minimum Gasteiger partial charge on any atom is -0.481 e. The third kappa shape index (κ3) is 2.89. The first-order valence-corrected chi connectivity index (χ1v) is 7.71. The van der Waals surface area contributed by atoms with E-state index in [1.165, 1.54) is 0 Å². The zero-order valence-electron chi connectivity index (χ0n) is 13.1. The fraction of sp³-hybridized carbons (Fsp3) is 0.471. The minimum absolute atomic E-state index is 0.222. The number of benzene rings is 1. The molecular weight excluding hydrogens is 280 g/mol. The van der Waals surface area contributed by atoms with Crippen LogP contribution in [0, 0.1) is 0 Å². The Labute approximate surface area is 129 Å². The summed E-state index contributed by atoms with van der Waals surface area (Å²) in [4.78, 5) is 16.2. The van der Waals surface area contributed by atoms with Gasteiger partial charge >= 0.3 is 0 Å². The molecule has 116 valence electrons. The molecule has 0 unspecified atom stereocenters. The summed E-state index contributed by atoms with van der Waals surface area (Å²) < 4.78 is 11.1. The molecule has 0 spiro atoms. The summed E-state index contributed by atoms with van der Waals surface area (Å²) in [6.07, 6.45) is 2.15. The zero-order valence-corrected chi connectivity index (χ0v) is 13.1. The van der Waals surface area contributed by atoms with Crippen molar-refractivity contribution in [3.8, 4) is 5.75 Å². The second-order valence-corrected chi connectivity index (χ2v) is 6.00. The van der Waals surface area contributed by atoms with Gasteiger partial charge in [0.05, 0.1) is 0 Å². The first kappa shape index (κ1) is 14.8. The second-order valence-electron chi connectivity index (χ2n) is 6.00. The molecule has 1 heterocycles. The van der Waals surface area contributed by atoms with Crippen molar-refractivity contribution in [3.05, 3.63) is 41.0 Å². The van der Waals surface area contributed by atoms with Crippen molar-refractivity contribution in [2.45, 2.75) is 52.1 Å². The van der Waals surface area contributed by atoms with Crippen LogP contribution in [0.5, 0.6) is 5.75 Å². The average Bonchev–Trinajstić information content (AvgIpc) is 2.97. The molecule has 5 nitrogen and oxygen atoms in total. The van der Waals surface area contributed by atoms with Gasteiger partial charge in [-0.1, -0.05) is 19.0 Å². The van der Waals surface area contributed by atoms with E-state index in [2.05, 4.69) is 10.1 Å². The number of hydrogen-bond acceptors (Lipinski definition) is 5. The van der Waals surface area contributed by atoms with Gasteiger partial charge < -0.3 is 9.26 Å². The zero-order chi connectivity index (χ0) is 15.7. The van der Waals surface area contributed by atoms with Crippen LogP contribution in [0.2, 0.25) is 0 Å². The Morgan fingerprint density at radius 1 is 1.23 bits per heavy atom. The van der Waals surface area contributed by atoms with Crippen molar-refractivity contribution < 1.29 is 14.1 Å². The molecule has 5 heteroatoms. The van der Waals surface area contributed by atoms with Gasteiger partial charge in [0.2, 0.25) is 0 Å². The molecule has 0 saturated carbocycles. The number of aryl methyl sites for hydroxylation is 1.